The Labute approximate surface area is 166 Å². The zero-order valence-electron chi connectivity index (χ0n) is 12.9. The number of amides is 2. The molecule has 0 atom stereocenters. The fraction of sp³-hybridized carbons (Fsp3) is 0.250. The number of hydrogen-bond acceptors (Lipinski definition) is 4. The van der Waals surface area contributed by atoms with Gasteiger partial charge in [-0.05, 0) is 46.3 Å². The zero-order chi connectivity index (χ0) is 17.5. The molecule has 0 radical (unpaired) electrons. The molecule has 1 aromatic carbocycles. The van der Waals surface area contributed by atoms with Gasteiger partial charge in [-0.25, -0.2) is 0 Å². The Hall–Kier alpha value is -0.830. The second-order valence-corrected chi connectivity index (χ2v) is 9.46. The van der Waals surface area contributed by atoms with Crippen LogP contribution in [0.3, 0.4) is 0 Å². The van der Waals surface area contributed by atoms with E-state index in [1.54, 1.807) is 23.3 Å². The van der Waals surface area contributed by atoms with Crippen molar-refractivity contribution in [1.82, 2.24) is 4.90 Å². The zero-order valence-corrected chi connectivity index (χ0v) is 17.7. The molecule has 0 saturated carbocycles. The van der Waals surface area contributed by atoms with Gasteiger partial charge < -0.3 is 10.2 Å². The Morgan fingerprint density at radius 1 is 1.21 bits per heavy atom. The number of rotatable bonds is 7. The topological polar surface area (TPSA) is 49.4 Å². The van der Waals surface area contributed by atoms with Gasteiger partial charge in [0.25, 0.3) is 0 Å². The summed E-state index contributed by atoms with van der Waals surface area (Å²) in [6.45, 7) is 0.583. The molecule has 0 fully saturated rings. The number of carbonyl (C=O) groups excluding carboxylic acids is 2. The van der Waals surface area contributed by atoms with Crippen molar-refractivity contribution >= 4 is 72.5 Å². The van der Waals surface area contributed by atoms with Crippen LogP contribution in [-0.2, 0) is 16.1 Å². The van der Waals surface area contributed by atoms with Crippen LogP contribution in [-0.4, -0.2) is 35.3 Å². The largest absolute Gasteiger partial charge is 0.340 e. The first-order valence-electron chi connectivity index (χ1n) is 7.05. The van der Waals surface area contributed by atoms with Crippen LogP contribution in [0.1, 0.15) is 4.88 Å². The summed E-state index contributed by atoms with van der Waals surface area (Å²) in [5.74, 6) is 0.432. The number of hydrogen-bond donors (Lipinski definition) is 1. The number of nitrogens with zero attached hydrogens (tertiary/aromatic N) is 1. The summed E-state index contributed by atoms with van der Waals surface area (Å²) in [6, 6.07) is 11.4. The van der Waals surface area contributed by atoms with E-state index in [1.807, 2.05) is 36.4 Å². The van der Waals surface area contributed by atoms with E-state index < -0.39 is 0 Å². The SMILES string of the molecule is CN(Cc1ccc(Br)s1)C(=O)CSCC(=O)Nc1cccc(Br)c1. The predicted octanol–water partition coefficient (Wildman–Crippen LogP) is 4.60. The van der Waals surface area contributed by atoms with Gasteiger partial charge in [-0.15, -0.1) is 23.1 Å². The lowest BCUT2D eigenvalue weighted by Crippen LogP contribution is -2.28. The summed E-state index contributed by atoms with van der Waals surface area (Å²) < 4.78 is 1.96. The average Bonchev–Trinajstić information content (AvgIpc) is 2.92. The molecule has 0 bridgehead atoms. The van der Waals surface area contributed by atoms with Crippen LogP contribution < -0.4 is 5.32 Å². The monoisotopic (exact) mass is 490 g/mol. The van der Waals surface area contributed by atoms with E-state index in [2.05, 4.69) is 37.2 Å². The molecule has 1 heterocycles. The molecule has 128 valence electrons. The third-order valence-electron chi connectivity index (χ3n) is 3.01. The van der Waals surface area contributed by atoms with E-state index in [9.17, 15) is 9.59 Å². The number of nitrogens with one attached hydrogen (secondary N) is 1. The van der Waals surface area contributed by atoms with Crippen LogP contribution in [0.25, 0.3) is 0 Å². The molecular formula is C16H16Br2N2O2S2. The van der Waals surface area contributed by atoms with Gasteiger partial charge in [0.15, 0.2) is 0 Å². The quantitative estimate of drug-likeness (QED) is 0.615. The molecule has 0 saturated heterocycles. The third kappa shape index (κ3) is 6.58. The Morgan fingerprint density at radius 3 is 2.67 bits per heavy atom. The molecule has 0 unspecified atom stereocenters. The summed E-state index contributed by atoms with van der Waals surface area (Å²) in [5, 5.41) is 2.81. The van der Waals surface area contributed by atoms with Crippen molar-refractivity contribution in [2.24, 2.45) is 0 Å². The second kappa shape index (κ2) is 9.60. The number of thiophene rings is 1. The lowest BCUT2D eigenvalue weighted by atomic mass is 10.3. The van der Waals surface area contributed by atoms with Crippen molar-refractivity contribution in [2.75, 3.05) is 23.9 Å². The minimum Gasteiger partial charge on any atom is -0.340 e. The standard InChI is InChI=1S/C16H16Br2N2O2S2/c1-20(8-13-5-6-14(18)24-13)16(22)10-23-9-15(21)19-12-4-2-3-11(17)7-12/h2-7H,8-10H2,1H3,(H,19,21). The van der Waals surface area contributed by atoms with Crippen molar-refractivity contribution in [2.45, 2.75) is 6.54 Å². The molecule has 1 N–H and O–H groups in total. The van der Waals surface area contributed by atoms with Gasteiger partial charge in [-0.2, -0.15) is 0 Å². The molecule has 2 amide bonds. The van der Waals surface area contributed by atoms with Gasteiger partial charge in [0.2, 0.25) is 11.8 Å². The van der Waals surface area contributed by atoms with Gasteiger partial charge in [0, 0.05) is 22.1 Å². The van der Waals surface area contributed by atoms with E-state index in [1.165, 1.54) is 11.8 Å². The van der Waals surface area contributed by atoms with Crippen molar-refractivity contribution in [3.05, 3.63) is 49.5 Å². The Bertz CT molecular complexity index is 722. The average molecular weight is 492 g/mol. The number of thioether (sulfide) groups is 1. The summed E-state index contributed by atoms with van der Waals surface area (Å²) in [5.41, 5.74) is 0.738. The Kier molecular flexibility index (Phi) is 7.80. The van der Waals surface area contributed by atoms with Crippen molar-refractivity contribution < 1.29 is 9.59 Å². The van der Waals surface area contributed by atoms with E-state index in [0.29, 0.717) is 6.54 Å². The maximum atomic E-state index is 12.1. The maximum absolute atomic E-state index is 12.1. The van der Waals surface area contributed by atoms with Crippen LogP contribution in [0.5, 0.6) is 0 Å². The van der Waals surface area contributed by atoms with E-state index in [-0.39, 0.29) is 23.3 Å². The Morgan fingerprint density at radius 2 is 2.00 bits per heavy atom. The van der Waals surface area contributed by atoms with E-state index in [0.717, 1.165) is 18.8 Å². The van der Waals surface area contributed by atoms with Crippen molar-refractivity contribution in [3.8, 4) is 0 Å². The number of benzene rings is 1. The first kappa shape index (κ1) is 19.5. The van der Waals surface area contributed by atoms with E-state index >= 15 is 0 Å². The molecule has 2 aromatic rings. The molecule has 0 spiro atoms. The first-order chi connectivity index (χ1) is 11.4. The second-order valence-electron chi connectivity index (χ2n) is 5.01. The molecular weight excluding hydrogens is 476 g/mol. The van der Waals surface area contributed by atoms with Crippen molar-refractivity contribution in [3.63, 3.8) is 0 Å². The summed E-state index contributed by atoms with van der Waals surface area (Å²) in [6.07, 6.45) is 0. The molecule has 0 aliphatic carbocycles. The highest BCUT2D eigenvalue weighted by Gasteiger charge is 2.12. The summed E-state index contributed by atoms with van der Waals surface area (Å²) in [7, 11) is 1.78. The fourth-order valence-electron chi connectivity index (χ4n) is 1.86. The number of anilines is 1. The highest BCUT2D eigenvalue weighted by molar-refractivity contribution is 9.11. The lowest BCUT2D eigenvalue weighted by Gasteiger charge is -2.15. The minimum atomic E-state index is -0.115. The highest BCUT2D eigenvalue weighted by atomic mass is 79.9. The molecule has 0 aliphatic rings. The van der Waals surface area contributed by atoms with Crippen LogP contribution in [0.15, 0.2) is 44.7 Å². The molecule has 0 aliphatic heterocycles. The fourth-order valence-corrected chi connectivity index (χ4v) is 4.55. The van der Waals surface area contributed by atoms with Crippen molar-refractivity contribution in [1.29, 1.82) is 0 Å². The number of carbonyl (C=O) groups is 2. The maximum Gasteiger partial charge on any atom is 0.234 e. The lowest BCUT2D eigenvalue weighted by molar-refractivity contribution is -0.127. The van der Waals surface area contributed by atoms with Crippen LogP contribution in [0.2, 0.25) is 0 Å². The molecule has 8 heteroatoms. The third-order valence-corrected chi connectivity index (χ3v) is 6.03. The van der Waals surface area contributed by atoms with Gasteiger partial charge in [0.05, 0.1) is 21.8 Å². The smallest absolute Gasteiger partial charge is 0.234 e. The van der Waals surface area contributed by atoms with Crippen LogP contribution in [0.4, 0.5) is 5.69 Å². The molecule has 4 nitrogen and oxygen atoms in total. The van der Waals surface area contributed by atoms with Gasteiger partial charge >= 0.3 is 0 Å². The van der Waals surface area contributed by atoms with Gasteiger partial charge in [-0.3, -0.25) is 9.59 Å². The Balaban J connectivity index is 1.70. The predicted molar refractivity (Wildman–Crippen MR) is 109 cm³/mol. The van der Waals surface area contributed by atoms with Gasteiger partial charge in [0.1, 0.15) is 0 Å². The first-order valence-corrected chi connectivity index (χ1v) is 10.6. The highest BCUT2D eigenvalue weighted by Crippen LogP contribution is 2.23. The van der Waals surface area contributed by atoms with Crippen LogP contribution in [0, 0.1) is 0 Å². The summed E-state index contributed by atoms with van der Waals surface area (Å²) in [4.78, 5) is 26.8. The number of halogens is 2. The molecule has 24 heavy (non-hydrogen) atoms. The summed E-state index contributed by atoms with van der Waals surface area (Å²) >= 11 is 9.70. The minimum absolute atomic E-state index is 0.0137. The molecule has 1 aromatic heterocycles. The van der Waals surface area contributed by atoms with Gasteiger partial charge in [-0.1, -0.05) is 22.0 Å². The van der Waals surface area contributed by atoms with Crippen LogP contribution >= 0.6 is 55.0 Å². The molecule has 2 rings (SSSR count). The normalized spacial score (nSPS) is 10.5. The van der Waals surface area contributed by atoms with E-state index in [4.69, 9.17) is 0 Å².